The minimum atomic E-state index is -0.162. The first-order valence-electron chi connectivity index (χ1n) is 11.2. The fourth-order valence-corrected chi connectivity index (χ4v) is 4.58. The average Bonchev–Trinajstić information content (AvgIpc) is 2.85. The molecule has 170 valence electrons. The fraction of sp³-hybridized carbons (Fsp3) is 0.308. The molecule has 0 saturated carbocycles. The number of ether oxygens (including phenoxy) is 2. The van der Waals surface area contributed by atoms with Crippen molar-refractivity contribution in [1.29, 1.82) is 0 Å². The van der Waals surface area contributed by atoms with E-state index < -0.39 is 0 Å². The highest BCUT2D eigenvalue weighted by Crippen LogP contribution is 2.30. The summed E-state index contributed by atoms with van der Waals surface area (Å²) in [6, 6.07) is 18.5. The Morgan fingerprint density at radius 3 is 2.27 bits per heavy atom. The van der Waals surface area contributed by atoms with Crippen LogP contribution in [0.5, 0.6) is 11.5 Å². The van der Waals surface area contributed by atoms with E-state index >= 15 is 0 Å². The van der Waals surface area contributed by atoms with Crippen LogP contribution in [-0.2, 0) is 13.1 Å². The van der Waals surface area contributed by atoms with Gasteiger partial charge in [0.2, 0.25) is 0 Å². The summed E-state index contributed by atoms with van der Waals surface area (Å²) in [5, 5.41) is 3.11. The molecule has 7 heteroatoms. The highest BCUT2D eigenvalue weighted by atomic mass is 16.5. The lowest BCUT2D eigenvalue weighted by Crippen LogP contribution is -2.45. The molecule has 1 aliphatic rings. The van der Waals surface area contributed by atoms with Crippen LogP contribution in [0, 0.1) is 0 Å². The Morgan fingerprint density at radius 1 is 0.848 bits per heavy atom. The first-order valence-corrected chi connectivity index (χ1v) is 11.2. The summed E-state index contributed by atoms with van der Waals surface area (Å²) < 4.78 is 10.7. The minimum absolute atomic E-state index is 0.162. The Bertz CT molecular complexity index is 1340. The van der Waals surface area contributed by atoms with E-state index in [4.69, 9.17) is 9.47 Å². The van der Waals surface area contributed by atoms with E-state index in [1.54, 1.807) is 26.4 Å². The van der Waals surface area contributed by atoms with Crippen molar-refractivity contribution in [3.05, 3.63) is 76.3 Å². The number of benzene rings is 3. The zero-order chi connectivity index (χ0) is 22.8. The number of aromatic nitrogens is 2. The van der Waals surface area contributed by atoms with Crippen LogP contribution in [0.3, 0.4) is 0 Å². The Morgan fingerprint density at radius 2 is 1.52 bits per heavy atom. The minimum Gasteiger partial charge on any atom is -0.493 e. The highest BCUT2D eigenvalue weighted by Gasteiger charge is 2.19. The molecular formula is C26H28N4O3. The second kappa shape index (κ2) is 9.21. The number of H-pyrrole nitrogens is 1. The molecule has 7 nitrogen and oxygen atoms in total. The first-order chi connectivity index (χ1) is 16.1. The number of hydrogen-bond acceptors (Lipinski definition) is 6. The molecule has 0 bridgehead atoms. The first kappa shape index (κ1) is 21.4. The van der Waals surface area contributed by atoms with Gasteiger partial charge >= 0.3 is 0 Å². The predicted molar refractivity (Wildman–Crippen MR) is 130 cm³/mol. The number of rotatable bonds is 6. The lowest BCUT2D eigenvalue weighted by atomic mass is 10.0. The molecule has 0 unspecified atom stereocenters. The van der Waals surface area contributed by atoms with Crippen LogP contribution in [-0.4, -0.2) is 60.2 Å². The van der Waals surface area contributed by atoms with Crippen molar-refractivity contribution >= 4 is 21.7 Å². The van der Waals surface area contributed by atoms with Gasteiger partial charge < -0.3 is 14.5 Å². The van der Waals surface area contributed by atoms with Gasteiger partial charge in [0.25, 0.3) is 5.56 Å². The van der Waals surface area contributed by atoms with E-state index in [-0.39, 0.29) is 5.56 Å². The summed E-state index contributed by atoms with van der Waals surface area (Å²) in [5.74, 6) is 1.76. The topological polar surface area (TPSA) is 70.7 Å². The van der Waals surface area contributed by atoms with E-state index in [1.165, 1.54) is 16.3 Å². The summed E-state index contributed by atoms with van der Waals surface area (Å²) in [6.07, 6.45) is 0. The predicted octanol–water partition coefficient (Wildman–Crippen LogP) is 3.41. The molecule has 33 heavy (non-hydrogen) atoms. The van der Waals surface area contributed by atoms with E-state index in [2.05, 4.69) is 62.2 Å². The van der Waals surface area contributed by atoms with Crippen LogP contribution >= 0.6 is 0 Å². The monoisotopic (exact) mass is 444 g/mol. The van der Waals surface area contributed by atoms with E-state index in [9.17, 15) is 4.79 Å². The van der Waals surface area contributed by atoms with Gasteiger partial charge in [-0.1, -0.05) is 42.5 Å². The second-order valence-electron chi connectivity index (χ2n) is 8.43. The Balaban J connectivity index is 1.26. The molecule has 1 fully saturated rings. The summed E-state index contributed by atoms with van der Waals surface area (Å²) in [7, 11) is 3.13. The van der Waals surface area contributed by atoms with E-state index in [0.717, 1.165) is 32.7 Å². The van der Waals surface area contributed by atoms with Gasteiger partial charge in [-0.2, -0.15) is 0 Å². The molecule has 1 saturated heterocycles. The molecule has 4 aromatic rings. The Kier molecular flexibility index (Phi) is 5.98. The lowest BCUT2D eigenvalue weighted by molar-refractivity contribution is 0.120. The molecule has 0 atom stereocenters. The molecule has 0 aliphatic carbocycles. The maximum Gasteiger partial charge on any atom is 0.258 e. The van der Waals surface area contributed by atoms with Gasteiger partial charge in [-0.15, -0.1) is 0 Å². The van der Waals surface area contributed by atoms with Gasteiger partial charge in [-0.25, -0.2) is 4.98 Å². The largest absolute Gasteiger partial charge is 0.493 e. The molecule has 1 aliphatic heterocycles. The van der Waals surface area contributed by atoms with Crippen molar-refractivity contribution in [2.45, 2.75) is 13.1 Å². The summed E-state index contributed by atoms with van der Waals surface area (Å²) in [4.78, 5) is 25.1. The molecule has 0 amide bonds. The molecule has 5 rings (SSSR count). The van der Waals surface area contributed by atoms with E-state index in [1.807, 2.05) is 0 Å². The smallest absolute Gasteiger partial charge is 0.258 e. The van der Waals surface area contributed by atoms with Gasteiger partial charge in [0.05, 0.1) is 31.7 Å². The second-order valence-corrected chi connectivity index (χ2v) is 8.43. The van der Waals surface area contributed by atoms with Gasteiger partial charge in [0.15, 0.2) is 11.5 Å². The third-order valence-electron chi connectivity index (χ3n) is 6.37. The van der Waals surface area contributed by atoms with Gasteiger partial charge in [0.1, 0.15) is 5.82 Å². The molecular weight excluding hydrogens is 416 g/mol. The maximum absolute atomic E-state index is 12.7. The molecule has 1 aromatic heterocycles. The van der Waals surface area contributed by atoms with Crippen molar-refractivity contribution < 1.29 is 9.47 Å². The van der Waals surface area contributed by atoms with Gasteiger partial charge in [-0.05, 0) is 22.4 Å². The number of piperazine rings is 1. The summed E-state index contributed by atoms with van der Waals surface area (Å²) >= 11 is 0. The number of nitrogens with zero attached hydrogens (tertiary/aromatic N) is 3. The van der Waals surface area contributed by atoms with Crippen LogP contribution < -0.4 is 15.0 Å². The van der Waals surface area contributed by atoms with Crippen molar-refractivity contribution in [3.8, 4) is 11.5 Å². The maximum atomic E-state index is 12.7. The Labute approximate surface area is 192 Å². The molecule has 2 heterocycles. The fourth-order valence-electron chi connectivity index (χ4n) is 4.58. The van der Waals surface area contributed by atoms with Crippen LogP contribution in [0.15, 0.2) is 59.4 Å². The summed E-state index contributed by atoms with van der Waals surface area (Å²) in [6.45, 7) is 5.37. The van der Waals surface area contributed by atoms with Gasteiger partial charge in [0, 0.05) is 38.8 Å². The number of nitrogens with one attached hydrogen (secondary N) is 1. The quantitative estimate of drug-likeness (QED) is 0.492. The Hall–Kier alpha value is -3.42. The molecule has 1 N–H and O–H groups in total. The van der Waals surface area contributed by atoms with Gasteiger partial charge in [-0.3, -0.25) is 14.6 Å². The van der Waals surface area contributed by atoms with Crippen molar-refractivity contribution in [1.82, 2.24) is 19.8 Å². The van der Waals surface area contributed by atoms with Crippen LogP contribution in [0.2, 0.25) is 0 Å². The highest BCUT2D eigenvalue weighted by molar-refractivity contribution is 5.85. The summed E-state index contributed by atoms with van der Waals surface area (Å²) in [5.41, 5.74) is 1.82. The van der Waals surface area contributed by atoms with E-state index in [0.29, 0.717) is 34.8 Å². The molecule has 3 aromatic carbocycles. The standard InChI is InChI=1S/C26H28N4O3/c1-32-23-14-21-22(15-24(23)33-2)27-25(28-26(21)31)17-30-12-10-29(11-13-30)16-19-8-5-7-18-6-3-4-9-20(18)19/h3-9,14-15H,10-13,16-17H2,1-2H3,(H,27,28,31). The van der Waals surface area contributed by atoms with Crippen LogP contribution in [0.25, 0.3) is 21.7 Å². The lowest BCUT2D eigenvalue weighted by Gasteiger charge is -2.34. The zero-order valence-corrected chi connectivity index (χ0v) is 19.0. The van der Waals surface area contributed by atoms with Crippen LogP contribution in [0.4, 0.5) is 0 Å². The van der Waals surface area contributed by atoms with Crippen LogP contribution in [0.1, 0.15) is 11.4 Å². The number of methoxy groups -OCH3 is 2. The number of aromatic amines is 1. The third-order valence-corrected chi connectivity index (χ3v) is 6.37. The normalized spacial score (nSPS) is 15.2. The number of fused-ring (bicyclic) bond motifs is 2. The SMILES string of the molecule is COc1cc2nc(CN3CCN(Cc4cccc5ccccc45)CC3)[nH]c(=O)c2cc1OC. The number of hydrogen-bond donors (Lipinski definition) is 1. The van der Waals surface area contributed by atoms with Crippen molar-refractivity contribution in [2.75, 3.05) is 40.4 Å². The van der Waals surface area contributed by atoms with Crippen molar-refractivity contribution in [2.24, 2.45) is 0 Å². The average molecular weight is 445 g/mol. The zero-order valence-electron chi connectivity index (χ0n) is 19.0. The van der Waals surface area contributed by atoms with Crippen molar-refractivity contribution in [3.63, 3.8) is 0 Å². The molecule has 0 radical (unpaired) electrons. The third kappa shape index (κ3) is 4.42. The molecule has 0 spiro atoms.